The van der Waals surface area contributed by atoms with Crippen molar-refractivity contribution in [3.05, 3.63) is 35.9 Å². The van der Waals surface area contributed by atoms with Crippen molar-refractivity contribution in [2.24, 2.45) is 5.92 Å². The van der Waals surface area contributed by atoms with Crippen molar-refractivity contribution in [3.8, 4) is 0 Å². The number of Topliss-reactive ketones (excluding diaryl/α,β-unsaturated/α-hetero) is 1. The first-order valence-corrected chi connectivity index (χ1v) is 7.19. The highest BCUT2D eigenvalue weighted by Gasteiger charge is 2.53. The van der Waals surface area contributed by atoms with Gasteiger partial charge in [-0.3, -0.25) is 4.79 Å². The number of ether oxygens (including phenoxy) is 1. The van der Waals surface area contributed by atoms with Crippen molar-refractivity contribution >= 4 is 5.78 Å². The standard InChI is InChI=1S/C17H25NO2/c1-16(2)14(15(19)17(3,4)20-16)12-18(5)11-13-9-7-6-8-10-13/h6-10,14H,11-12H2,1-5H3. The average molecular weight is 275 g/mol. The van der Waals surface area contributed by atoms with Crippen LogP contribution in [-0.4, -0.2) is 35.5 Å². The molecule has 0 saturated carbocycles. The summed E-state index contributed by atoms with van der Waals surface area (Å²) in [5.41, 5.74) is 0.200. The Morgan fingerprint density at radius 1 is 1.15 bits per heavy atom. The van der Waals surface area contributed by atoms with Crippen LogP contribution in [0.15, 0.2) is 30.3 Å². The maximum atomic E-state index is 12.5. The second kappa shape index (κ2) is 5.30. The Balaban J connectivity index is 2.04. The van der Waals surface area contributed by atoms with Crippen LogP contribution in [0.2, 0.25) is 0 Å². The molecular formula is C17H25NO2. The Bertz CT molecular complexity index is 479. The van der Waals surface area contributed by atoms with Gasteiger partial charge in [-0.25, -0.2) is 0 Å². The molecule has 1 aliphatic heterocycles. The van der Waals surface area contributed by atoms with Crippen LogP contribution in [0.5, 0.6) is 0 Å². The summed E-state index contributed by atoms with van der Waals surface area (Å²) in [7, 11) is 2.06. The lowest BCUT2D eigenvalue weighted by molar-refractivity contribution is -0.132. The summed E-state index contributed by atoms with van der Waals surface area (Å²) in [6.45, 7) is 9.34. The largest absolute Gasteiger partial charge is 0.361 e. The number of ketones is 1. The molecule has 0 bridgehead atoms. The lowest BCUT2D eigenvalue weighted by atomic mass is 9.85. The predicted octanol–water partition coefficient (Wildman–Crippen LogP) is 2.89. The van der Waals surface area contributed by atoms with Crippen LogP contribution in [0.4, 0.5) is 0 Å². The number of benzene rings is 1. The van der Waals surface area contributed by atoms with Gasteiger partial charge in [0, 0.05) is 13.1 Å². The number of nitrogens with zero attached hydrogens (tertiary/aromatic N) is 1. The van der Waals surface area contributed by atoms with Gasteiger partial charge in [0.2, 0.25) is 0 Å². The molecule has 3 nitrogen and oxygen atoms in total. The molecule has 1 fully saturated rings. The Hall–Kier alpha value is -1.19. The molecule has 20 heavy (non-hydrogen) atoms. The van der Waals surface area contributed by atoms with Crippen molar-refractivity contribution in [2.45, 2.75) is 45.4 Å². The first kappa shape index (κ1) is 15.2. The molecule has 2 rings (SSSR count). The molecule has 1 aliphatic rings. The zero-order chi connectivity index (χ0) is 15.0. The molecule has 0 N–H and O–H groups in total. The predicted molar refractivity (Wildman–Crippen MR) is 80.5 cm³/mol. The summed E-state index contributed by atoms with van der Waals surface area (Å²) < 4.78 is 5.94. The molecule has 1 heterocycles. The summed E-state index contributed by atoms with van der Waals surface area (Å²) in [5.74, 6) is 0.133. The molecule has 0 spiro atoms. The highest BCUT2D eigenvalue weighted by atomic mass is 16.5. The van der Waals surface area contributed by atoms with Crippen molar-refractivity contribution in [1.82, 2.24) is 4.90 Å². The number of hydrogen-bond acceptors (Lipinski definition) is 3. The zero-order valence-electron chi connectivity index (χ0n) is 13.1. The maximum absolute atomic E-state index is 12.5. The fourth-order valence-corrected chi connectivity index (χ4v) is 3.09. The van der Waals surface area contributed by atoms with Gasteiger partial charge < -0.3 is 9.64 Å². The van der Waals surface area contributed by atoms with Gasteiger partial charge in [0.25, 0.3) is 0 Å². The van der Waals surface area contributed by atoms with E-state index in [1.807, 2.05) is 45.9 Å². The summed E-state index contributed by atoms with van der Waals surface area (Å²) in [5, 5.41) is 0. The minimum atomic E-state index is -0.665. The van der Waals surface area contributed by atoms with Gasteiger partial charge >= 0.3 is 0 Å². The highest BCUT2D eigenvalue weighted by molar-refractivity contribution is 5.91. The molecule has 0 aliphatic carbocycles. The molecule has 1 aromatic rings. The van der Waals surface area contributed by atoms with E-state index in [2.05, 4.69) is 24.1 Å². The third-order valence-electron chi connectivity index (χ3n) is 4.06. The van der Waals surface area contributed by atoms with Gasteiger partial charge in [-0.2, -0.15) is 0 Å². The second-order valence-electron chi connectivity index (χ2n) is 6.82. The van der Waals surface area contributed by atoms with Crippen LogP contribution in [0.25, 0.3) is 0 Å². The Labute approximate surface area is 121 Å². The van der Waals surface area contributed by atoms with Crippen LogP contribution >= 0.6 is 0 Å². The monoisotopic (exact) mass is 275 g/mol. The van der Waals surface area contributed by atoms with Gasteiger partial charge in [0.15, 0.2) is 5.78 Å². The van der Waals surface area contributed by atoms with E-state index in [1.165, 1.54) is 5.56 Å². The van der Waals surface area contributed by atoms with E-state index in [4.69, 9.17) is 4.74 Å². The van der Waals surface area contributed by atoms with Gasteiger partial charge in [0.05, 0.1) is 11.5 Å². The van der Waals surface area contributed by atoms with Gasteiger partial charge in [-0.15, -0.1) is 0 Å². The third kappa shape index (κ3) is 3.10. The van der Waals surface area contributed by atoms with Crippen molar-refractivity contribution in [3.63, 3.8) is 0 Å². The van der Waals surface area contributed by atoms with E-state index >= 15 is 0 Å². The summed E-state index contributed by atoms with van der Waals surface area (Å²) >= 11 is 0. The average Bonchev–Trinajstić information content (AvgIpc) is 2.49. The molecule has 3 heteroatoms. The van der Waals surface area contributed by atoms with E-state index in [0.29, 0.717) is 0 Å². The van der Waals surface area contributed by atoms with Crippen LogP contribution in [0.1, 0.15) is 33.3 Å². The first-order chi connectivity index (χ1) is 9.22. The molecule has 1 atom stereocenters. The number of carbonyl (C=O) groups is 1. The lowest BCUT2D eigenvalue weighted by Crippen LogP contribution is -2.39. The van der Waals surface area contributed by atoms with Crippen molar-refractivity contribution in [2.75, 3.05) is 13.6 Å². The summed E-state index contributed by atoms with van der Waals surface area (Å²) in [6.07, 6.45) is 0. The van der Waals surface area contributed by atoms with Crippen LogP contribution < -0.4 is 0 Å². The Kier molecular flexibility index (Phi) is 4.03. The van der Waals surface area contributed by atoms with Gasteiger partial charge in [-0.1, -0.05) is 30.3 Å². The SMILES string of the molecule is CN(Cc1ccccc1)CC1C(=O)C(C)(C)OC1(C)C. The van der Waals surface area contributed by atoms with Crippen molar-refractivity contribution in [1.29, 1.82) is 0 Å². The number of rotatable bonds is 4. The van der Waals surface area contributed by atoms with Crippen molar-refractivity contribution < 1.29 is 9.53 Å². The van der Waals surface area contributed by atoms with E-state index < -0.39 is 11.2 Å². The first-order valence-electron chi connectivity index (χ1n) is 7.19. The minimum absolute atomic E-state index is 0.0776. The second-order valence-corrected chi connectivity index (χ2v) is 6.82. The molecule has 110 valence electrons. The molecule has 1 saturated heterocycles. The smallest absolute Gasteiger partial charge is 0.171 e. The molecule has 1 unspecified atom stereocenters. The normalized spacial score (nSPS) is 24.3. The van der Waals surface area contributed by atoms with E-state index in [-0.39, 0.29) is 11.7 Å². The van der Waals surface area contributed by atoms with Crippen LogP contribution in [0, 0.1) is 5.92 Å². The molecule has 0 radical (unpaired) electrons. The van der Waals surface area contributed by atoms with Gasteiger partial charge in [0.1, 0.15) is 5.60 Å². The maximum Gasteiger partial charge on any atom is 0.171 e. The molecular weight excluding hydrogens is 250 g/mol. The Morgan fingerprint density at radius 3 is 2.25 bits per heavy atom. The van der Waals surface area contributed by atoms with E-state index in [1.54, 1.807) is 0 Å². The molecule has 1 aromatic carbocycles. The van der Waals surface area contributed by atoms with Crippen LogP contribution in [-0.2, 0) is 16.1 Å². The van der Waals surface area contributed by atoms with E-state index in [9.17, 15) is 4.79 Å². The molecule has 0 aromatic heterocycles. The number of carbonyl (C=O) groups excluding carboxylic acids is 1. The minimum Gasteiger partial charge on any atom is -0.361 e. The fraction of sp³-hybridized carbons (Fsp3) is 0.588. The topological polar surface area (TPSA) is 29.5 Å². The number of hydrogen-bond donors (Lipinski definition) is 0. The summed E-state index contributed by atoms with van der Waals surface area (Å²) in [6, 6.07) is 10.3. The third-order valence-corrected chi connectivity index (χ3v) is 4.06. The zero-order valence-corrected chi connectivity index (χ0v) is 13.1. The molecule has 0 amide bonds. The summed E-state index contributed by atoms with van der Waals surface area (Å²) in [4.78, 5) is 14.7. The fourth-order valence-electron chi connectivity index (χ4n) is 3.09. The van der Waals surface area contributed by atoms with E-state index in [0.717, 1.165) is 13.1 Å². The van der Waals surface area contributed by atoms with Gasteiger partial charge in [-0.05, 0) is 40.3 Å². The quantitative estimate of drug-likeness (QED) is 0.846. The highest BCUT2D eigenvalue weighted by Crippen LogP contribution is 2.39. The van der Waals surface area contributed by atoms with Crippen LogP contribution in [0.3, 0.4) is 0 Å². The Morgan fingerprint density at radius 2 is 1.75 bits per heavy atom. The lowest BCUT2D eigenvalue weighted by Gasteiger charge is -2.28.